The van der Waals surface area contributed by atoms with E-state index in [1.54, 1.807) is 25.1 Å². The van der Waals surface area contributed by atoms with Gasteiger partial charge in [-0.1, -0.05) is 41.6 Å². The molecule has 1 atom stereocenters. The van der Waals surface area contributed by atoms with E-state index in [0.29, 0.717) is 30.3 Å². The highest BCUT2D eigenvalue weighted by molar-refractivity contribution is 5.92. The van der Waals surface area contributed by atoms with Crippen LogP contribution in [0.15, 0.2) is 54.7 Å². The molecule has 0 aliphatic carbocycles. The van der Waals surface area contributed by atoms with Gasteiger partial charge >= 0.3 is 0 Å². The Morgan fingerprint density at radius 1 is 1.10 bits per heavy atom. The molecule has 0 radical (unpaired) electrons. The third-order valence-corrected chi connectivity index (χ3v) is 5.25. The van der Waals surface area contributed by atoms with Crippen LogP contribution in [0.4, 0.5) is 0 Å². The van der Waals surface area contributed by atoms with Gasteiger partial charge in [0.1, 0.15) is 0 Å². The van der Waals surface area contributed by atoms with Gasteiger partial charge in [0.2, 0.25) is 0 Å². The van der Waals surface area contributed by atoms with E-state index >= 15 is 0 Å². The first-order valence-corrected chi connectivity index (χ1v) is 9.66. The second-order valence-corrected chi connectivity index (χ2v) is 7.06. The zero-order valence-electron chi connectivity index (χ0n) is 16.6. The molecule has 1 aliphatic heterocycles. The zero-order chi connectivity index (χ0) is 20.2. The van der Waals surface area contributed by atoms with Crippen LogP contribution in [0.2, 0.25) is 0 Å². The third kappa shape index (κ3) is 3.94. The number of nitrogens with zero attached hydrogens (tertiary/aromatic N) is 4. The summed E-state index contributed by atoms with van der Waals surface area (Å²) in [7, 11) is 3.23. The van der Waals surface area contributed by atoms with E-state index < -0.39 is 0 Å². The Balaban J connectivity index is 1.52. The fourth-order valence-electron chi connectivity index (χ4n) is 3.81. The molecule has 2 heterocycles. The topological polar surface area (TPSA) is 69.5 Å². The molecule has 1 fully saturated rings. The standard InChI is InChI=1S/C22H24N4O3/c1-28-20-11-10-17(13-21(20)29-2)19-9-6-12-26(19)22(27)18-15-25(24-23-18)14-16-7-4-3-5-8-16/h3-5,7-8,10-11,13,15,19H,6,9,12,14H2,1-2H3. The Bertz CT molecular complexity index is 987. The summed E-state index contributed by atoms with van der Waals surface area (Å²) in [6, 6.07) is 15.8. The molecule has 7 nitrogen and oxygen atoms in total. The van der Waals surface area contributed by atoms with Crippen LogP contribution in [0.5, 0.6) is 11.5 Å². The minimum Gasteiger partial charge on any atom is -0.493 e. The summed E-state index contributed by atoms with van der Waals surface area (Å²) in [4.78, 5) is 15.0. The molecule has 1 aromatic heterocycles. The Kier molecular flexibility index (Phi) is 5.46. The predicted octanol–water partition coefficient (Wildman–Crippen LogP) is 3.32. The lowest BCUT2D eigenvalue weighted by Crippen LogP contribution is -2.30. The van der Waals surface area contributed by atoms with Crippen LogP contribution in [-0.4, -0.2) is 46.6 Å². The number of likely N-dealkylation sites (tertiary alicyclic amines) is 1. The van der Waals surface area contributed by atoms with Crippen molar-refractivity contribution < 1.29 is 14.3 Å². The number of rotatable bonds is 6. The predicted molar refractivity (Wildman–Crippen MR) is 108 cm³/mol. The van der Waals surface area contributed by atoms with Crippen LogP contribution in [0.3, 0.4) is 0 Å². The van der Waals surface area contributed by atoms with Crippen molar-refractivity contribution in [1.82, 2.24) is 19.9 Å². The van der Waals surface area contributed by atoms with Crippen LogP contribution >= 0.6 is 0 Å². The molecule has 0 saturated carbocycles. The highest BCUT2D eigenvalue weighted by Crippen LogP contribution is 2.37. The van der Waals surface area contributed by atoms with E-state index in [0.717, 1.165) is 24.0 Å². The normalized spacial score (nSPS) is 16.1. The van der Waals surface area contributed by atoms with Crippen molar-refractivity contribution in [2.45, 2.75) is 25.4 Å². The number of carbonyl (C=O) groups excluding carboxylic acids is 1. The molecule has 0 spiro atoms. The number of methoxy groups -OCH3 is 2. The summed E-state index contributed by atoms with van der Waals surface area (Å²) < 4.78 is 12.4. The van der Waals surface area contributed by atoms with Crippen molar-refractivity contribution in [3.63, 3.8) is 0 Å². The maximum Gasteiger partial charge on any atom is 0.276 e. The fraction of sp³-hybridized carbons (Fsp3) is 0.318. The van der Waals surface area contributed by atoms with E-state index in [1.807, 2.05) is 53.4 Å². The van der Waals surface area contributed by atoms with Crippen molar-refractivity contribution in [2.24, 2.45) is 0 Å². The van der Waals surface area contributed by atoms with Crippen molar-refractivity contribution in [1.29, 1.82) is 0 Å². The Morgan fingerprint density at radius 3 is 2.66 bits per heavy atom. The average molecular weight is 392 g/mol. The van der Waals surface area contributed by atoms with Gasteiger partial charge in [0.05, 0.1) is 33.0 Å². The minimum atomic E-state index is -0.0957. The first-order chi connectivity index (χ1) is 14.2. The molecule has 1 aliphatic rings. The summed E-state index contributed by atoms with van der Waals surface area (Å²) in [6.07, 6.45) is 3.57. The van der Waals surface area contributed by atoms with Gasteiger partial charge in [-0.25, -0.2) is 4.68 Å². The van der Waals surface area contributed by atoms with E-state index in [-0.39, 0.29) is 11.9 Å². The first kappa shape index (κ1) is 19.0. The molecule has 4 rings (SSSR count). The average Bonchev–Trinajstić information content (AvgIpc) is 3.43. The van der Waals surface area contributed by atoms with E-state index in [2.05, 4.69) is 10.3 Å². The summed E-state index contributed by atoms with van der Waals surface area (Å²) in [6.45, 7) is 1.28. The Hall–Kier alpha value is -3.35. The van der Waals surface area contributed by atoms with Crippen molar-refractivity contribution >= 4 is 5.91 Å². The molecule has 1 saturated heterocycles. The number of hydrogen-bond donors (Lipinski definition) is 0. The molecular formula is C22H24N4O3. The molecule has 29 heavy (non-hydrogen) atoms. The largest absolute Gasteiger partial charge is 0.493 e. The number of hydrogen-bond acceptors (Lipinski definition) is 5. The molecule has 7 heteroatoms. The lowest BCUT2D eigenvalue weighted by molar-refractivity contribution is 0.0729. The van der Waals surface area contributed by atoms with Gasteiger partial charge in [-0.3, -0.25) is 4.79 Å². The van der Waals surface area contributed by atoms with Gasteiger partial charge in [0.15, 0.2) is 17.2 Å². The maximum atomic E-state index is 13.1. The van der Waals surface area contributed by atoms with Gasteiger partial charge in [-0.15, -0.1) is 5.10 Å². The van der Waals surface area contributed by atoms with Gasteiger partial charge in [-0.05, 0) is 36.1 Å². The summed E-state index contributed by atoms with van der Waals surface area (Å²) >= 11 is 0. The van der Waals surface area contributed by atoms with Gasteiger partial charge in [0, 0.05) is 6.54 Å². The smallest absolute Gasteiger partial charge is 0.276 e. The van der Waals surface area contributed by atoms with Crippen LogP contribution in [0.25, 0.3) is 0 Å². The number of amides is 1. The van der Waals surface area contributed by atoms with E-state index in [1.165, 1.54) is 0 Å². The highest BCUT2D eigenvalue weighted by Gasteiger charge is 2.32. The van der Waals surface area contributed by atoms with Gasteiger partial charge < -0.3 is 14.4 Å². The summed E-state index contributed by atoms with van der Waals surface area (Å²) in [5, 5.41) is 8.26. The van der Waals surface area contributed by atoms with Crippen molar-refractivity contribution in [3.05, 3.63) is 71.5 Å². The summed E-state index contributed by atoms with van der Waals surface area (Å²) in [5.41, 5.74) is 2.51. The molecule has 3 aromatic rings. The van der Waals surface area contributed by atoms with Crippen LogP contribution in [-0.2, 0) is 6.54 Å². The minimum absolute atomic E-state index is 0.0124. The maximum absolute atomic E-state index is 13.1. The molecule has 2 aromatic carbocycles. The first-order valence-electron chi connectivity index (χ1n) is 9.66. The monoisotopic (exact) mass is 392 g/mol. The van der Waals surface area contributed by atoms with Gasteiger partial charge in [0.25, 0.3) is 5.91 Å². The quantitative estimate of drug-likeness (QED) is 0.644. The van der Waals surface area contributed by atoms with Gasteiger partial charge in [-0.2, -0.15) is 0 Å². The number of benzene rings is 2. The Morgan fingerprint density at radius 2 is 1.90 bits per heavy atom. The zero-order valence-corrected chi connectivity index (χ0v) is 16.6. The molecule has 150 valence electrons. The van der Waals surface area contributed by atoms with Crippen molar-refractivity contribution in [3.8, 4) is 11.5 Å². The lowest BCUT2D eigenvalue weighted by atomic mass is 10.0. The van der Waals surface area contributed by atoms with Crippen LogP contribution < -0.4 is 9.47 Å². The fourth-order valence-corrected chi connectivity index (χ4v) is 3.81. The second kappa shape index (κ2) is 8.34. The summed E-state index contributed by atoms with van der Waals surface area (Å²) in [5.74, 6) is 1.25. The van der Waals surface area contributed by atoms with Crippen LogP contribution in [0.1, 0.15) is 40.5 Å². The van der Waals surface area contributed by atoms with E-state index in [9.17, 15) is 4.79 Å². The number of carbonyl (C=O) groups is 1. The van der Waals surface area contributed by atoms with E-state index in [4.69, 9.17) is 9.47 Å². The lowest BCUT2D eigenvalue weighted by Gasteiger charge is -2.24. The Labute approximate surface area is 169 Å². The van der Waals surface area contributed by atoms with Crippen LogP contribution in [0, 0.1) is 0 Å². The molecule has 0 N–H and O–H groups in total. The second-order valence-electron chi connectivity index (χ2n) is 7.06. The third-order valence-electron chi connectivity index (χ3n) is 5.25. The van der Waals surface area contributed by atoms with Crippen molar-refractivity contribution in [2.75, 3.05) is 20.8 Å². The SMILES string of the molecule is COc1ccc(C2CCCN2C(=O)c2cn(Cc3ccccc3)nn2)cc1OC. The molecular weight excluding hydrogens is 368 g/mol. The molecule has 1 unspecified atom stereocenters. The molecule has 0 bridgehead atoms. The molecule has 1 amide bonds. The number of aromatic nitrogens is 3. The highest BCUT2D eigenvalue weighted by atomic mass is 16.5. The number of ether oxygens (including phenoxy) is 2.